The molecule has 0 spiro atoms. The lowest BCUT2D eigenvalue weighted by Crippen LogP contribution is -2.28. The molecule has 0 bridgehead atoms. The van der Waals surface area contributed by atoms with Crippen LogP contribution in [-0.4, -0.2) is 72.7 Å². The van der Waals surface area contributed by atoms with Crippen LogP contribution in [0.2, 0.25) is 0 Å². The maximum atomic E-state index is 12.7. The first-order valence-electron chi connectivity index (χ1n) is 12.3. The van der Waals surface area contributed by atoms with Gasteiger partial charge in [0, 0.05) is 49.4 Å². The van der Waals surface area contributed by atoms with Crippen molar-refractivity contribution in [2.75, 3.05) is 52.8 Å². The number of likely N-dealkylation sites (N-methyl/N-ethyl adjacent to an activating group) is 1. The molecule has 0 amide bonds. The highest BCUT2D eigenvalue weighted by atomic mass is 32.2. The molecule has 3 aromatic rings. The van der Waals surface area contributed by atoms with Crippen LogP contribution in [0.1, 0.15) is 18.4 Å². The summed E-state index contributed by atoms with van der Waals surface area (Å²) in [6.07, 6.45) is 3.31. The molecule has 1 fully saturated rings. The predicted molar refractivity (Wildman–Crippen MR) is 146 cm³/mol. The number of rotatable bonds is 11. The van der Waals surface area contributed by atoms with Crippen molar-refractivity contribution in [1.29, 1.82) is 5.26 Å². The molecule has 11 heteroatoms. The Balaban J connectivity index is 1.48. The lowest BCUT2D eigenvalue weighted by Gasteiger charge is -2.23. The fourth-order valence-electron chi connectivity index (χ4n) is 3.90. The zero-order valence-electron chi connectivity index (χ0n) is 21.8. The first-order chi connectivity index (χ1) is 18.5. The van der Waals surface area contributed by atoms with Crippen molar-refractivity contribution >= 4 is 22.6 Å². The molecule has 1 atom stereocenters. The minimum Gasteiger partial charge on any atom is -0.495 e. The first kappa shape index (κ1) is 27.5. The molecular weight excluding hydrogens is 504 g/mol. The van der Waals surface area contributed by atoms with E-state index in [1.54, 1.807) is 43.6 Å². The van der Waals surface area contributed by atoms with Crippen molar-refractivity contribution < 1.29 is 18.4 Å². The molecule has 2 heterocycles. The summed E-state index contributed by atoms with van der Waals surface area (Å²) in [4.78, 5) is 11.5. The zero-order valence-corrected chi connectivity index (χ0v) is 22.6. The average Bonchev–Trinajstić information content (AvgIpc) is 2.93. The number of ether oxygens (including phenoxy) is 3. The summed E-state index contributed by atoms with van der Waals surface area (Å²) in [5, 5.41) is 12.9. The Bertz CT molecular complexity index is 1310. The molecule has 0 aliphatic carbocycles. The monoisotopic (exact) mass is 536 g/mol. The van der Waals surface area contributed by atoms with E-state index in [2.05, 4.69) is 26.1 Å². The highest BCUT2D eigenvalue weighted by Gasteiger charge is 2.18. The number of benzene rings is 2. The first-order valence-corrected chi connectivity index (χ1v) is 13.5. The van der Waals surface area contributed by atoms with Crippen LogP contribution < -0.4 is 19.5 Å². The Morgan fingerprint density at radius 2 is 1.97 bits per heavy atom. The largest absolute Gasteiger partial charge is 0.495 e. The third-order valence-electron chi connectivity index (χ3n) is 5.92. The van der Waals surface area contributed by atoms with Crippen molar-refractivity contribution in [2.45, 2.75) is 23.8 Å². The summed E-state index contributed by atoms with van der Waals surface area (Å²) in [5.41, 5.74) is 2.57. The fourth-order valence-corrected chi connectivity index (χ4v) is 4.85. The minimum atomic E-state index is -1.41. The Morgan fingerprint density at radius 1 is 1.16 bits per heavy atom. The number of nitrogens with zero attached hydrogens (tertiary/aromatic N) is 4. The van der Waals surface area contributed by atoms with E-state index in [1.807, 2.05) is 31.1 Å². The Hall–Kier alpha value is -3.56. The van der Waals surface area contributed by atoms with Crippen LogP contribution >= 0.6 is 0 Å². The summed E-state index contributed by atoms with van der Waals surface area (Å²) >= 11 is 0. The van der Waals surface area contributed by atoms with Crippen LogP contribution in [0.15, 0.2) is 53.6 Å². The summed E-state index contributed by atoms with van der Waals surface area (Å²) in [5.74, 6) is 1.43. The average molecular weight is 537 g/mol. The van der Waals surface area contributed by atoms with Gasteiger partial charge < -0.3 is 24.4 Å². The van der Waals surface area contributed by atoms with Crippen molar-refractivity contribution in [2.24, 2.45) is 0 Å². The third kappa shape index (κ3) is 7.26. The molecule has 0 saturated carbocycles. The van der Waals surface area contributed by atoms with E-state index < -0.39 is 11.0 Å². The number of nitriles is 1. The summed E-state index contributed by atoms with van der Waals surface area (Å²) in [7, 11) is 4.06. The molecular formula is C27H32N6O4S. The normalized spacial score (nSPS) is 14.6. The Labute approximate surface area is 225 Å². The van der Waals surface area contributed by atoms with Gasteiger partial charge >= 0.3 is 0 Å². The van der Waals surface area contributed by atoms with Gasteiger partial charge in [0.05, 0.1) is 36.5 Å². The second-order valence-electron chi connectivity index (χ2n) is 8.97. The highest BCUT2D eigenvalue weighted by Crippen LogP contribution is 2.29. The van der Waals surface area contributed by atoms with Crippen LogP contribution in [0.25, 0.3) is 11.3 Å². The van der Waals surface area contributed by atoms with E-state index in [0.717, 1.165) is 24.9 Å². The maximum absolute atomic E-state index is 12.7. The topological polar surface area (TPSA) is 122 Å². The van der Waals surface area contributed by atoms with Crippen LogP contribution in [0.5, 0.6) is 11.5 Å². The Morgan fingerprint density at radius 3 is 2.71 bits per heavy atom. The van der Waals surface area contributed by atoms with E-state index >= 15 is 0 Å². The number of hydrogen-bond acceptors (Lipinski definition) is 9. The number of aromatic nitrogens is 2. The summed E-state index contributed by atoms with van der Waals surface area (Å²) in [6, 6.07) is 14.8. The molecule has 2 aromatic carbocycles. The van der Waals surface area contributed by atoms with Crippen LogP contribution in [0.4, 0.5) is 11.6 Å². The smallest absolute Gasteiger partial charge is 0.227 e. The molecule has 1 aliphatic heterocycles. The molecule has 0 radical (unpaired) electrons. The lowest BCUT2D eigenvalue weighted by molar-refractivity contribution is 0.0254. The van der Waals surface area contributed by atoms with Gasteiger partial charge in [-0.3, -0.25) is 0 Å². The lowest BCUT2D eigenvalue weighted by atomic mass is 10.1. The third-order valence-corrected chi connectivity index (χ3v) is 7.13. The minimum absolute atomic E-state index is 0.0474. The fraction of sp³-hybridized carbons (Fsp3) is 0.370. The number of nitrogens with one attached hydrogen (secondary N) is 2. The molecule has 10 nitrogen and oxygen atoms in total. The Kier molecular flexibility index (Phi) is 9.62. The van der Waals surface area contributed by atoms with Crippen LogP contribution in [0, 0.1) is 11.3 Å². The van der Waals surface area contributed by atoms with Gasteiger partial charge in [-0.15, -0.1) is 0 Å². The van der Waals surface area contributed by atoms with Crippen molar-refractivity contribution in [3.63, 3.8) is 0 Å². The van der Waals surface area contributed by atoms with Gasteiger partial charge in [0.1, 0.15) is 34.7 Å². The van der Waals surface area contributed by atoms with E-state index in [4.69, 9.17) is 14.2 Å². The standard InChI is InChI=1S/C27H32N6O4S/c1-33(2)13-12-30-38(34)26-7-5-21(17-25(26)35-3)31-27-29-11-8-23(32-27)19-4-6-24(20(16-19)18-28)37-22-9-14-36-15-10-22/h4-8,11,16-17,22,30H,9-10,12-15H2,1-3H3,(H,29,31,32). The van der Waals surface area contributed by atoms with Gasteiger partial charge in [-0.2, -0.15) is 5.26 Å². The second-order valence-corrected chi connectivity index (χ2v) is 10.2. The molecule has 1 unspecified atom stereocenters. The van der Waals surface area contributed by atoms with Crippen LogP contribution in [-0.2, 0) is 15.7 Å². The molecule has 1 aromatic heterocycles. The van der Waals surface area contributed by atoms with E-state index in [-0.39, 0.29) is 6.10 Å². The van der Waals surface area contributed by atoms with Crippen molar-refractivity contribution in [3.05, 3.63) is 54.2 Å². The molecule has 1 aliphatic rings. The second kappa shape index (κ2) is 13.3. The number of hydrogen-bond donors (Lipinski definition) is 2. The van der Waals surface area contributed by atoms with Gasteiger partial charge in [-0.25, -0.2) is 18.9 Å². The van der Waals surface area contributed by atoms with Gasteiger partial charge in [-0.05, 0) is 50.5 Å². The quantitative estimate of drug-likeness (QED) is 0.379. The van der Waals surface area contributed by atoms with E-state index in [1.165, 1.54) is 0 Å². The number of methoxy groups -OCH3 is 1. The highest BCUT2D eigenvalue weighted by molar-refractivity contribution is 7.83. The van der Waals surface area contributed by atoms with E-state index in [0.29, 0.717) is 59.0 Å². The summed E-state index contributed by atoms with van der Waals surface area (Å²) in [6.45, 7) is 2.69. The van der Waals surface area contributed by atoms with Crippen LogP contribution in [0.3, 0.4) is 0 Å². The van der Waals surface area contributed by atoms with Gasteiger partial charge in [0.25, 0.3) is 0 Å². The van der Waals surface area contributed by atoms with E-state index in [9.17, 15) is 9.47 Å². The van der Waals surface area contributed by atoms with Crippen molar-refractivity contribution in [3.8, 4) is 28.8 Å². The molecule has 38 heavy (non-hydrogen) atoms. The summed E-state index contributed by atoms with van der Waals surface area (Å²) < 4.78 is 32.6. The van der Waals surface area contributed by atoms with Gasteiger partial charge in [0.15, 0.2) is 0 Å². The maximum Gasteiger partial charge on any atom is 0.227 e. The SMILES string of the molecule is COc1cc(Nc2nccc(-c3ccc(OC4CCOCC4)c(C#N)c3)n2)ccc1S(=O)NCCN(C)C. The molecule has 200 valence electrons. The van der Waals surface area contributed by atoms with Gasteiger partial charge in [-0.1, -0.05) is 0 Å². The zero-order chi connectivity index (χ0) is 26.9. The molecule has 1 saturated heterocycles. The predicted octanol–water partition coefficient (Wildman–Crippen LogP) is 3.50. The molecule has 2 N–H and O–H groups in total. The number of anilines is 2. The van der Waals surface area contributed by atoms with Crippen molar-refractivity contribution in [1.82, 2.24) is 19.6 Å². The molecule has 4 rings (SSSR count). The van der Waals surface area contributed by atoms with Gasteiger partial charge in [0.2, 0.25) is 5.95 Å².